The van der Waals surface area contributed by atoms with Gasteiger partial charge >= 0.3 is 0 Å². The Bertz CT molecular complexity index is 991. The lowest BCUT2D eigenvalue weighted by Gasteiger charge is -2.27. The van der Waals surface area contributed by atoms with Gasteiger partial charge in [0.15, 0.2) is 0 Å². The molecule has 2 aromatic carbocycles. The second kappa shape index (κ2) is 10.1. The van der Waals surface area contributed by atoms with Crippen LogP contribution in [0.5, 0.6) is 0 Å². The van der Waals surface area contributed by atoms with Gasteiger partial charge in [0.1, 0.15) is 0 Å². The molecule has 1 aromatic heterocycles. The van der Waals surface area contributed by atoms with E-state index in [1.807, 2.05) is 30.2 Å². The molecule has 30 heavy (non-hydrogen) atoms. The van der Waals surface area contributed by atoms with Gasteiger partial charge in [-0.3, -0.25) is 9.59 Å². The summed E-state index contributed by atoms with van der Waals surface area (Å²) >= 11 is 0. The number of benzene rings is 2. The van der Waals surface area contributed by atoms with Crippen LogP contribution in [0.3, 0.4) is 0 Å². The predicted octanol–water partition coefficient (Wildman–Crippen LogP) is 4.31. The average Bonchev–Trinajstić information content (AvgIpc) is 3.15. The molecule has 5 nitrogen and oxygen atoms in total. The lowest BCUT2D eigenvalue weighted by Crippen LogP contribution is -2.43. The van der Waals surface area contributed by atoms with Crippen LogP contribution < -0.4 is 0 Å². The second-order valence-electron chi connectivity index (χ2n) is 7.85. The van der Waals surface area contributed by atoms with E-state index in [0.717, 1.165) is 23.9 Å². The molecule has 0 aliphatic heterocycles. The molecule has 158 valence electrons. The van der Waals surface area contributed by atoms with Gasteiger partial charge in [-0.15, -0.1) is 0 Å². The summed E-state index contributed by atoms with van der Waals surface area (Å²) in [6.45, 7) is 7.47. The SMILES string of the molecule is CCCN(CC(=O)N(CCc1c[nH]c2ccccc12)Cc1ccc(C)cc1)C(C)=O. The van der Waals surface area contributed by atoms with Crippen molar-refractivity contribution in [2.45, 2.75) is 40.2 Å². The number of para-hydroxylation sites is 1. The zero-order valence-electron chi connectivity index (χ0n) is 18.1. The fraction of sp³-hybridized carbons (Fsp3) is 0.360. The van der Waals surface area contributed by atoms with Crippen molar-refractivity contribution in [2.75, 3.05) is 19.6 Å². The Morgan fingerprint density at radius 2 is 1.70 bits per heavy atom. The smallest absolute Gasteiger partial charge is 0.242 e. The molecule has 0 radical (unpaired) electrons. The summed E-state index contributed by atoms with van der Waals surface area (Å²) in [5.74, 6) is -0.0730. The Kier molecular flexibility index (Phi) is 7.28. The van der Waals surface area contributed by atoms with Crippen LogP contribution in [-0.4, -0.2) is 46.2 Å². The molecule has 0 unspecified atom stereocenters. The highest BCUT2D eigenvalue weighted by atomic mass is 16.2. The van der Waals surface area contributed by atoms with Crippen molar-refractivity contribution in [1.82, 2.24) is 14.8 Å². The number of fused-ring (bicyclic) bond motifs is 1. The number of rotatable bonds is 9. The number of amides is 2. The van der Waals surface area contributed by atoms with Gasteiger partial charge < -0.3 is 14.8 Å². The lowest BCUT2D eigenvalue weighted by molar-refractivity contribution is -0.139. The minimum Gasteiger partial charge on any atom is -0.361 e. The van der Waals surface area contributed by atoms with Gasteiger partial charge in [0.25, 0.3) is 0 Å². The van der Waals surface area contributed by atoms with Gasteiger partial charge in [-0.05, 0) is 37.0 Å². The summed E-state index contributed by atoms with van der Waals surface area (Å²) in [7, 11) is 0. The Hall–Kier alpha value is -3.08. The van der Waals surface area contributed by atoms with Gasteiger partial charge in [0.05, 0.1) is 6.54 Å². The largest absolute Gasteiger partial charge is 0.361 e. The van der Waals surface area contributed by atoms with E-state index in [4.69, 9.17) is 0 Å². The quantitative estimate of drug-likeness (QED) is 0.577. The van der Waals surface area contributed by atoms with E-state index < -0.39 is 0 Å². The number of nitrogens with one attached hydrogen (secondary N) is 1. The van der Waals surface area contributed by atoms with Crippen molar-refractivity contribution >= 4 is 22.7 Å². The van der Waals surface area contributed by atoms with E-state index >= 15 is 0 Å². The molecule has 0 aliphatic carbocycles. The van der Waals surface area contributed by atoms with Crippen molar-refractivity contribution < 1.29 is 9.59 Å². The molecule has 0 atom stereocenters. The number of hydrogen-bond donors (Lipinski definition) is 1. The van der Waals surface area contributed by atoms with E-state index in [9.17, 15) is 9.59 Å². The standard InChI is InChI=1S/C25H31N3O2/c1-4-14-27(20(3)29)18-25(30)28(17-21-11-9-19(2)10-12-21)15-13-22-16-26-24-8-6-5-7-23(22)24/h5-12,16,26H,4,13-15,17-18H2,1-3H3. The Labute approximate surface area is 178 Å². The van der Waals surface area contributed by atoms with E-state index in [-0.39, 0.29) is 18.4 Å². The van der Waals surface area contributed by atoms with E-state index in [1.54, 1.807) is 4.90 Å². The summed E-state index contributed by atoms with van der Waals surface area (Å²) in [5, 5.41) is 1.19. The number of aromatic amines is 1. The molecule has 3 aromatic rings. The first-order valence-electron chi connectivity index (χ1n) is 10.6. The zero-order chi connectivity index (χ0) is 21.5. The van der Waals surface area contributed by atoms with Crippen LogP contribution in [0.4, 0.5) is 0 Å². The predicted molar refractivity (Wildman–Crippen MR) is 121 cm³/mol. The number of carbonyl (C=O) groups is 2. The van der Waals surface area contributed by atoms with Gasteiger partial charge in [-0.2, -0.15) is 0 Å². The summed E-state index contributed by atoms with van der Waals surface area (Å²) in [6, 6.07) is 16.5. The van der Waals surface area contributed by atoms with E-state index in [2.05, 4.69) is 48.3 Å². The Morgan fingerprint density at radius 3 is 2.40 bits per heavy atom. The van der Waals surface area contributed by atoms with Crippen molar-refractivity contribution in [3.8, 4) is 0 Å². The maximum atomic E-state index is 13.2. The van der Waals surface area contributed by atoms with Crippen molar-refractivity contribution in [3.63, 3.8) is 0 Å². The van der Waals surface area contributed by atoms with Crippen LogP contribution in [0.25, 0.3) is 10.9 Å². The topological polar surface area (TPSA) is 56.4 Å². The van der Waals surface area contributed by atoms with Crippen LogP contribution >= 0.6 is 0 Å². The number of carbonyl (C=O) groups excluding carboxylic acids is 2. The van der Waals surface area contributed by atoms with Crippen LogP contribution in [0, 0.1) is 6.92 Å². The monoisotopic (exact) mass is 405 g/mol. The third-order valence-corrected chi connectivity index (χ3v) is 5.44. The zero-order valence-corrected chi connectivity index (χ0v) is 18.1. The molecule has 5 heteroatoms. The molecular formula is C25H31N3O2. The molecule has 0 aliphatic rings. The lowest BCUT2D eigenvalue weighted by atomic mass is 10.1. The highest BCUT2D eigenvalue weighted by molar-refractivity contribution is 5.84. The number of H-pyrrole nitrogens is 1. The highest BCUT2D eigenvalue weighted by Crippen LogP contribution is 2.19. The number of aromatic nitrogens is 1. The van der Waals surface area contributed by atoms with Gasteiger partial charge in [0.2, 0.25) is 11.8 Å². The molecule has 1 N–H and O–H groups in total. The highest BCUT2D eigenvalue weighted by Gasteiger charge is 2.19. The maximum Gasteiger partial charge on any atom is 0.242 e. The third-order valence-electron chi connectivity index (χ3n) is 5.44. The fourth-order valence-electron chi connectivity index (χ4n) is 3.68. The summed E-state index contributed by atoms with van der Waals surface area (Å²) in [5.41, 5.74) is 4.60. The van der Waals surface area contributed by atoms with Gasteiger partial charge in [-0.25, -0.2) is 0 Å². The molecule has 3 rings (SSSR count). The van der Waals surface area contributed by atoms with E-state index in [0.29, 0.717) is 19.6 Å². The molecule has 0 spiro atoms. The normalized spacial score (nSPS) is 10.9. The third kappa shape index (κ3) is 5.50. The summed E-state index contributed by atoms with van der Waals surface area (Å²) in [4.78, 5) is 31.9. The first-order valence-corrected chi connectivity index (χ1v) is 10.6. The molecule has 0 saturated carbocycles. The Balaban J connectivity index is 1.76. The van der Waals surface area contributed by atoms with Crippen LogP contribution in [0.1, 0.15) is 37.0 Å². The van der Waals surface area contributed by atoms with Crippen LogP contribution in [-0.2, 0) is 22.6 Å². The maximum absolute atomic E-state index is 13.2. The first-order chi connectivity index (χ1) is 14.5. The van der Waals surface area contributed by atoms with Crippen molar-refractivity contribution in [1.29, 1.82) is 0 Å². The molecule has 0 fully saturated rings. The second-order valence-corrected chi connectivity index (χ2v) is 7.85. The summed E-state index contributed by atoms with van der Waals surface area (Å²) in [6.07, 6.45) is 3.62. The molecule has 0 bridgehead atoms. The van der Waals surface area contributed by atoms with Gasteiger partial charge in [-0.1, -0.05) is 55.0 Å². The van der Waals surface area contributed by atoms with Crippen molar-refractivity contribution in [3.05, 3.63) is 71.4 Å². The van der Waals surface area contributed by atoms with Gasteiger partial charge in [0, 0.05) is 43.7 Å². The van der Waals surface area contributed by atoms with Crippen LogP contribution in [0.2, 0.25) is 0 Å². The molecule has 0 saturated heterocycles. The minimum absolute atomic E-state index is 0.0148. The number of hydrogen-bond acceptors (Lipinski definition) is 2. The van der Waals surface area contributed by atoms with Crippen molar-refractivity contribution in [2.24, 2.45) is 0 Å². The summed E-state index contributed by atoms with van der Waals surface area (Å²) < 4.78 is 0. The average molecular weight is 406 g/mol. The molecular weight excluding hydrogens is 374 g/mol. The first kappa shape index (κ1) is 21.6. The molecule has 1 heterocycles. The van der Waals surface area contributed by atoms with E-state index in [1.165, 1.54) is 23.4 Å². The molecule has 2 amide bonds. The number of aryl methyl sites for hydroxylation is 1. The Morgan fingerprint density at radius 1 is 0.967 bits per heavy atom. The van der Waals surface area contributed by atoms with Crippen LogP contribution in [0.15, 0.2) is 54.7 Å². The number of nitrogens with zero attached hydrogens (tertiary/aromatic N) is 2. The fourth-order valence-corrected chi connectivity index (χ4v) is 3.68. The minimum atomic E-state index is -0.0582.